The molecule has 1 saturated carbocycles. The molecule has 1 saturated heterocycles. The number of ketones is 1. The molecule has 0 aromatic heterocycles. The molecule has 4 nitrogen and oxygen atoms in total. The Morgan fingerprint density at radius 1 is 1.07 bits per heavy atom. The van der Waals surface area contributed by atoms with E-state index in [1.54, 1.807) is 0 Å². The maximum Gasteiger partial charge on any atom is 0.226 e. The van der Waals surface area contributed by atoms with Crippen molar-refractivity contribution >= 4 is 11.7 Å². The maximum atomic E-state index is 13.3. The molecule has 1 N–H and O–H groups in total. The average molecular weight is 390 g/mol. The zero-order valence-corrected chi connectivity index (χ0v) is 18.0. The third-order valence-corrected chi connectivity index (χ3v) is 7.65. The van der Waals surface area contributed by atoms with Gasteiger partial charge in [-0.1, -0.05) is 45.8 Å². The maximum absolute atomic E-state index is 13.3. The third-order valence-electron chi connectivity index (χ3n) is 7.65. The summed E-state index contributed by atoms with van der Waals surface area (Å²) >= 11 is 0. The highest BCUT2D eigenvalue weighted by atomic mass is 16.3. The first-order chi connectivity index (χ1) is 13.4. The quantitative estimate of drug-likeness (QED) is 0.678. The molecule has 4 heteroatoms. The summed E-state index contributed by atoms with van der Waals surface area (Å²) in [7, 11) is 0. The Morgan fingerprint density at radius 3 is 2.36 bits per heavy atom. The SMILES string of the molecule is C[C@H]1CCCCC=CCCCC[C@@H](CO)CC(=O)[C@@H]2[C@@H]3[C@H](CN2C1=O)C3(C)C. The van der Waals surface area contributed by atoms with E-state index < -0.39 is 0 Å². The lowest BCUT2D eigenvalue weighted by molar-refractivity contribution is -0.143. The van der Waals surface area contributed by atoms with Crippen LogP contribution in [0.5, 0.6) is 0 Å². The summed E-state index contributed by atoms with van der Waals surface area (Å²) in [6.07, 6.45) is 13.3. The van der Waals surface area contributed by atoms with Gasteiger partial charge in [-0.2, -0.15) is 0 Å². The second kappa shape index (κ2) is 9.11. The summed E-state index contributed by atoms with van der Waals surface area (Å²) in [5.41, 5.74) is 0.166. The molecule has 1 aliphatic carbocycles. The minimum absolute atomic E-state index is 0.00999. The van der Waals surface area contributed by atoms with Crippen molar-refractivity contribution in [1.82, 2.24) is 4.90 Å². The van der Waals surface area contributed by atoms with Gasteiger partial charge in [-0.05, 0) is 61.7 Å². The van der Waals surface area contributed by atoms with E-state index in [0.717, 1.165) is 57.9 Å². The van der Waals surface area contributed by atoms with E-state index in [1.807, 2.05) is 11.8 Å². The number of aliphatic hydroxyl groups is 1. The van der Waals surface area contributed by atoms with Crippen molar-refractivity contribution in [1.29, 1.82) is 0 Å². The average Bonchev–Trinajstić information content (AvgIpc) is 3.02. The number of hydrogen-bond acceptors (Lipinski definition) is 3. The molecule has 0 aromatic carbocycles. The number of amides is 1. The molecule has 0 unspecified atom stereocenters. The van der Waals surface area contributed by atoms with Crippen molar-refractivity contribution in [3.63, 3.8) is 0 Å². The molecule has 0 aromatic rings. The number of carbonyl (C=O) groups is 2. The lowest BCUT2D eigenvalue weighted by Gasteiger charge is -2.32. The molecule has 5 atom stereocenters. The summed E-state index contributed by atoms with van der Waals surface area (Å²) in [6.45, 7) is 7.30. The van der Waals surface area contributed by atoms with Gasteiger partial charge in [-0.3, -0.25) is 9.59 Å². The van der Waals surface area contributed by atoms with Gasteiger partial charge in [0.25, 0.3) is 0 Å². The monoisotopic (exact) mass is 389 g/mol. The Labute approximate surface area is 170 Å². The minimum Gasteiger partial charge on any atom is -0.396 e. The van der Waals surface area contributed by atoms with Crippen LogP contribution in [-0.4, -0.2) is 40.9 Å². The fraction of sp³-hybridized carbons (Fsp3) is 0.833. The van der Waals surface area contributed by atoms with Crippen LogP contribution in [0.1, 0.15) is 78.6 Å². The number of rotatable bonds is 1. The standard InChI is InChI=1S/C24H39NO3/c1-17-12-10-8-6-4-5-7-9-11-13-18(16-26)14-20(27)22-21-19(24(21,2)3)15-25(22)23(17)28/h4-5,17-19,21-22,26H,6-16H2,1-3H3/t17-,18+,19-,21-,22+/m0/s1. The lowest BCUT2D eigenvalue weighted by atomic mass is 9.89. The predicted octanol–water partition coefficient (Wildman–Crippen LogP) is 4.36. The van der Waals surface area contributed by atoms with Gasteiger partial charge in [-0.25, -0.2) is 0 Å². The summed E-state index contributed by atoms with van der Waals surface area (Å²) in [5.74, 6) is 1.14. The Kier molecular flexibility index (Phi) is 7.01. The lowest BCUT2D eigenvalue weighted by Crippen LogP contribution is -2.47. The Hall–Kier alpha value is -1.16. The number of aliphatic hydroxyl groups excluding tert-OH is 1. The molecule has 0 spiro atoms. The van der Waals surface area contributed by atoms with Gasteiger partial charge in [0.1, 0.15) is 0 Å². The number of nitrogens with zero attached hydrogens (tertiary/aromatic N) is 1. The van der Waals surface area contributed by atoms with Crippen LogP contribution in [0.25, 0.3) is 0 Å². The molecule has 2 aliphatic heterocycles. The van der Waals surface area contributed by atoms with Crippen LogP contribution in [0.4, 0.5) is 0 Å². The smallest absolute Gasteiger partial charge is 0.226 e. The second-order valence-electron chi connectivity index (χ2n) is 10.0. The second-order valence-corrected chi connectivity index (χ2v) is 10.0. The zero-order chi connectivity index (χ0) is 20.3. The van der Waals surface area contributed by atoms with Crippen molar-refractivity contribution in [3.05, 3.63) is 12.2 Å². The Bertz CT molecular complexity index is 597. The highest BCUT2D eigenvalue weighted by Crippen LogP contribution is 2.65. The molecule has 0 bridgehead atoms. The fourth-order valence-electron chi connectivity index (χ4n) is 5.60. The topological polar surface area (TPSA) is 57.6 Å². The van der Waals surface area contributed by atoms with Crippen LogP contribution in [0, 0.1) is 29.1 Å². The third kappa shape index (κ3) is 4.53. The Morgan fingerprint density at radius 2 is 1.71 bits per heavy atom. The molecule has 2 fully saturated rings. The number of hydrogen-bond donors (Lipinski definition) is 1. The van der Waals surface area contributed by atoms with Crippen molar-refractivity contribution < 1.29 is 14.7 Å². The normalized spacial score (nSPS) is 37.3. The van der Waals surface area contributed by atoms with Crippen LogP contribution < -0.4 is 0 Å². The highest BCUT2D eigenvalue weighted by molar-refractivity contribution is 5.91. The fourth-order valence-corrected chi connectivity index (χ4v) is 5.60. The summed E-state index contributed by atoms with van der Waals surface area (Å²) in [6, 6.07) is -0.263. The van der Waals surface area contributed by atoms with Crippen LogP contribution in [0.2, 0.25) is 0 Å². The number of Topliss-reactive ketones (excluding diaryl/α,β-unsaturated/α-hetero) is 1. The number of carbonyl (C=O) groups excluding carboxylic acids is 2. The largest absolute Gasteiger partial charge is 0.396 e. The van der Waals surface area contributed by atoms with Gasteiger partial charge < -0.3 is 10.0 Å². The molecule has 0 radical (unpaired) electrons. The van der Waals surface area contributed by atoms with Gasteiger partial charge >= 0.3 is 0 Å². The summed E-state index contributed by atoms with van der Waals surface area (Å²) < 4.78 is 0. The van der Waals surface area contributed by atoms with E-state index in [4.69, 9.17) is 0 Å². The molecular weight excluding hydrogens is 350 g/mol. The van der Waals surface area contributed by atoms with E-state index in [2.05, 4.69) is 26.0 Å². The van der Waals surface area contributed by atoms with Crippen molar-refractivity contribution in [3.8, 4) is 0 Å². The highest BCUT2D eigenvalue weighted by Gasteiger charge is 2.69. The minimum atomic E-state index is -0.263. The van der Waals surface area contributed by atoms with Crippen LogP contribution in [0.3, 0.4) is 0 Å². The Balaban J connectivity index is 1.74. The first-order valence-corrected chi connectivity index (χ1v) is 11.5. The van der Waals surface area contributed by atoms with Gasteiger partial charge in [0.15, 0.2) is 5.78 Å². The van der Waals surface area contributed by atoms with E-state index in [1.165, 1.54) is 0 Å². The predicted molar refractivity (Wildman–Crippen MR) is 112 cm³/mol. The summed E-state index contributed by atoms with van der Waals surface area (Å²) in [4.78, 5) is 28.3. The van der Waals surface area contributed by atoms with E-state index >= 15 is 0 Å². The first kappa shape index (κ1) is 21.5. The summed E-state index contributed by atoms with van der Waals surface area (Å²) in [5, 5.41) is 9.80. The van der Waals surface area contributed by atoms with Gasteiger partial charge in [-0.15, -0.1) is 0 Å². The van der Waals surface area contributed by atoms with Gasteiger partial charge in [0.05, 0.1) is 6.04 Å². The number of piperidine rings is 1. The molecule has 1 amide bonds. The van der Waals surface area contributed by atoms with E-state index in [0.29, 0.717) is 18.3 Å². The number of fused-ring (bicyclic) bond motifs is 3. The number of allylic oxidation sites excluding steroid dienone is 2. The van der Waals surface area contributed by atoms with E-state index in [9.17, 15) is 14.7 Å². The molecule has 28 heavy (non-hydrogen) atoms. The molecular formula is C24H39NO3. The molecule has 2 heterocycles. The molecule has 3 aliphatic rings. The van der Waals surface area contributed by atoms with Gasteiger partial charge in [0, 0.05) is 25.5 Å². The molecule has 158 valence electrons. The van der Waals surface area contributed by atoms with E-state index in [-0.39, 0.29) is 41.6 Å². The van der Waals surface area contributed by atoms with Crippen molar-refractivity contribution in [2.45, 2.75) is 84.6 Å². The van der Waals surface area contributed by atoms with Crippen LogP contribution >= 0.6 is 0 Å². The van der Waals surface area contributed by atoms with Gasteiger partial charge in [0.2, 0.25) is 5.91 Å². The van der Waals surface area contributed by atoms with Crippen molar-refractivity contribution in [2.24, 2.45) is 29.1 Å². The zero-order valence-electron chi connectivity index (χ0n) is 18.0. The van der Waals surface area contributed by atoms with Crippen LogP contribution in [-0.2, 0) is 9.59 Å². The van der Waals surface area contributed by atoms with Crippen LogP contribution in [0.15, 0.2) is 12.2 Å². The molecule has 3 rings (SSSR count). The first-order valence-electron chi connectivity index (χ1n) is 11.5. The van der Waals surface area contributed by atoms with Crippen molar-refractivity contribution in [2.75, 3.05) is 13.2 Å².